The molecule has 0 atom stereocenters. The third kappa shape index (κ3) is 3.83. The van der Waals surface area contributed by atoms with E-state index in [1.807, 2.05) is 24.3 Å². The molecule has 1 aromatic rings. The van der Waals surface area contributed by atoms with Crippen LogP contribution in [0.1, 0.15) is 43.7 Å². The van der Waals surface area contributed by atoms with Crippen molar-refractivity contribution in [2.45, 2.75) is 45.8 Å². The molecular formula is C17H26N2O2. The van der Waals surface area contributed by atoms with Crippen molar-refractivity contribution in [1.29, 1.82) is 0 Å². The number of carbonyl (C=O) groups excluding carboxylic acids is 1. The summed E-state index contributed by atoms with van der Waals surface area (Å²) in [5, 5.41) is 12.1. The fraction of sp³-hybridized carbons (Fsp3) is 0.588. The number of hydrogen-bond donors (Lipinski definition) is 3. The number of benzene rings is 1. The van der Waals surface area contributed by atoms with E-state index in [-0.39, 0.29) is 17.9 Å². The Balaban J connectivity index is 1.93. The Morgan fingerprint density at radius 1 is 1.29 bits per heavy atom. The second kappa shape index (κ2) is 7.05. The number of hydrogen-bond acceptors (Lipinski definition) is 3. The van der Waals surface area contributed by atoms with E-state index in [9.17, 15) is 4.79 Å². The predicted octanol–water partition coefficient (Wildman–Crippen LogP) is 1.95. The van der Waals surface area contributed by atoms with Crippen LogP contribution in [0.3, 0.4) is 0 Å². The molecule has 116 valence electrons. The lowest BCUT2D eigenvalue weighted by Crippen LogP contribution is -2.47. The molecule has 1 aliphatic rings. The lowest BCUT2D eigenvalue weighted by molar-refractivity contribution is -0.133. The van der Waals surface area contributed by atoms with Crippen LogP contribution >= 0.6 is 0 Å². The first-order valence-electron chi connectivity index (χ1n) is 7.77. The molecule has 4 N–H and O–H groups in total. The van der Waals surface area contributed by atoms with Crippen LogP contribution in [-0.2, 0) is 17.9 Å². The zero-order valence-corrected chi connectivity index (χ0v) is 12.8. The first-order chi connectivity index (χ1) is 10.1. The highest BCUT2D eigenvalue weighted by molar-refractivity contribution is 5.83. The van der Waals surface area contributed by atoms with Crippen molar-refractivity contribution in [2.75, 3.05) is 6.54 Å². The molecule has 0 saturated heterocycles. The highest BCUT2D eigenvalue weighted by Gasteiger charge is 2.39. The minimum Gasteiger partial charge on any atom is -0.392 e. The van der Waals surface area contributed by atoms with Gasteiger partial charge in [-0.2, -0.15) is 0 Å². The maximum Gasteiger partial charge on any atom is 0.227 e. The Labute approximate surface area is 126 Å². The van der Waals surface area contributed by atoms with E-state index in [0.717, 1.165) is 36.8 Å². The van der Waals surface area contributed by atoms with Crippen LogP contribution in [0.15, 0.2) is 24.3 Å². The van der Waals surface area contributed by atoms with Crippen molar-refractivity contribution >= 4 is 5.91 Å². The second-order valence-corrected chi connectivity index (χ2v) is 6.32. The van der Waals surface area contributed by atoms with E-state index in [1.165, 1.54) is 0 Å². The molecule has 0 radical (unpaired) electrons. The van der Waals surface area contributed by atoms with Crippen LogP contribution < -0.4 is 11.1 Å². The highest BCUT2D eigenvalue weighted by Crippen LogP contribution is 2.38. The van der Waals surface area contributed by atoms with E-state index in [1.54, 1.807) is 0 Å². The van der Waals surface area contributed by atoms with Gasteiger partial charge in [0.15, 0.2) is 0 Å². The molecular weight excluding hydrogens is 264 g/mol. The Bertz CT molecular complexity index is 462. The SMILES string of the molecule is CC1CCC(CN)(C(=O)NCc2ccc(CO)cc2)CC1. The zero-order valence-electron chi connectivity index (χ0n) is 12.8. The van der Waals surface area contributed by atoms with Gasteiger partial charge in [0, 0.05) is 13.1 Å². The van der Waals surface area contributed by atoms with Gasteiger partial charge in [-0.05, 0) is 42.7 Å². The lowest BCUT2D eigenvalue weighted by atomic mass is 9.70. The van der Waals surface area contributed by atoms with Gasteiger partial charge < -0.3 is 16.2 Å². The van der Waals surface area contributed by atoms with Crippen molar-refractivity contribution in [3.8, 4) is 0 Å². The van der Waals surface area contributed by atoms with Crippen molar-refractivity contribution in [3.05, 3.63) is 35.4 Å². The zero-order chi connectivity index (χ0) is 15.3. The van der Waals surface area contributed by atoms with Crippen LogP contribution in [0.2, 0.25) is 0 Å². The van der Waals surface area contributed by atoms with Crippen LogP contribution in [0.5, 0.6) is 0 Å². The largest absolute Gasteiger partial charge is 0.392 e. The van der Waals surface area contributed by atoms with Gasteiger partial charge in [-0.15, -0.1) is 0 Å². The van der Waals surface area contributed by atoms with Crippen molar-refractivity contribution in [1.82, 2.24) is 5.32 Å². The maximum atomic E-state index is 12.5. The molecule has 1 aliphatic carbocycles. The molecule has 4 nitrogen and oxygen atoms in total. The van der Waals surface area contributed by atoms with Crippen molar-refractivity contribution in [3.63, 3.8) is 0 Å². The number of amides is 1. The van der Waals surface area contributed by atoms with E-state index >= 15 is 0 Å². The lowest BCUT2D eigenvalue weighted by Gasteiger charge is -2.37. The standard InChI is InChI=1S/C17H26N2O2/c1-13-6-8-17(12-18,9-7-13)16(21)19-10-14-2-4-15(11-20)5-3-14/h2-5,13,20H,6-12,18H2,1H3,(H,19,21). The summed E-state index contributed by atoms with van der Waals surface area (Å²) < 4.78 is 0. The van der Waals surface area contributed by atoms with Gasteiger partial charge in [-0.1, -0.05) is 31.2 Å². The summed E-state index contributed by atoms with van der Waals surface area (Å²) in [6.45, 7) is 3.22. The van der Waals surface area contributed by atoms with Gasteiger partial charge in [0.25, 0.3) is 0 Å². The van der Waals surface area contributed by atoms with Crippen molar-refractivity contribution < 1.29 is 9.90 Å². The summed E-state index contributed by atoms with van der Waals surface area (Å²) in [4.78, 5) is 12.5. The fourth-order valence-corrected chi connectivity index (χ4v) is 2.97. The molecule has 1 saturated carbocycles. The molecule has 2 rings (SSSR count). The normalized spacial score (nSPS) is 25.6. The second-order valence-electron chi connectivity index (χ2n) is 6.32. The van der Waals surface area contributed by atoms with Gasteiger partial charge in [0.2, 0.25) is 5.91 Å². The number of nitrogens with two attached hydrogens (primary N) is 1. The number of nitrogens with one attached hydrogen (secondary N) is 1. The predicted molar refractivity (Wildman–Crippen MR) is 83.3 cm³/mol. The monoisotopic (exact) mass is 290 g/mol. The molecule has 21 heavy (non-hydrogen) atoms. The smallest absolute Gasteiger partial charge is 0.227 e. The molecule has 1 aromatic carbocycles. The summed E-state index contributed by atoms with van der Waals surface area (Å²) in [7, 11) is 0. The van der Waals surface area contributed by atoms with E-state index in [0.29, 0.717) is 19.0 Å². The third-order valence-corrected chi connectivity index (χ3v) is 4.76. The van der Waals surface area contributed by atoms with Crippen LogP contribution in [0.4, 0.5) is 0 Å². The summed E-state index contributed by atoms with van der Waals surface area (Å²) >= 11 is 0. The minimum absolute atomic E-state index is 0.0428. The molecule has 0 aliphatic heterocycles. The Morgan fingerprint density at radius 3 is 2.38 bits per heavy atom. The molecule has 1 fully saturated rings. The van der Waals surface area contributed by atoms with Crippen LogP contribution in [0.25, 0.3) is 0 Å². The van der Waals surface area contributed by atoms with Gasteiger partial charge in [-0.25, -0.2) is 0 Å². The average Bonchev–Trinajstić information content (AvgIpc) is 2.54. The van der Waals surface area contributed by atoms with Crippen molar-refractivity contribution in [2.24, 2.45) is 17.1 Å². The van der Waals surface area contributed by atoms with Gasteiger partial charge in [0.1, 0.15) is 0 Å². The molecule has 4 heteroatoms. The molecule has 0 heterocycles. The van der Waals surface area contributed by atoms with E-state index in [4.69, 9.17) is 10.8 Å². The van der Waals surface area contributed by atoms with E-state index < -0.39 is 0 Å². The number of aliphatic hydroxyl groups is 1. The third-order valence-electron chi connectivity index (χ3n) is 4.76. The van der Waals surface area contributed by atoms with Gasteiger partial charge in [-0.3, -0.25) is 4.79 Å². The maximum absolute atomic E-state index is 12.5. The average molecular weight is 290 g/mol. The fourth-order valence-electron chi connectivity index (χ4n) is 2.97. The summed E-state index contributed by atoms with van der Waals surface area (Å²) in [5.74, 6) is 0.784. The van der Waals surface area contributed by atoms with Gasteiger partial charge >= 0.3 is 0 Å². The molecule has 0 spiro atoms. The number of carbonyl (C=O) groups is 1. The van der Waals surface area contributed by atoms with Crippen LogP contribution in [-0.4, -0.2) is 17.6 Å². The topological polar surface area (TPSA) is 75.4 Å². The quantitative estimate of drug-likeness (QED) is 0.776. The molecule has 0 bridgehead atoms. The van der Waals surface area contributed by atoms with E-state index in [2.05, 4.69) is 12.2 Å². The Kier molecular flexibility index (Phi) is 5.37. The first-order valence-corrected chi connectivity index (χ1v) is 7.77. The Hall–Kier alpha value is -1.39. The molecule has 1 amide bonds. The molecule has 0 unspecified atom stereocenters. The Morgan fingerprint density at radius 2 is 1.86 bits per heavy atom. The minimum atomic E-state index is -0.377. The first kappa shape index (κ1) is 16.0. The summed E-state index contributed by atoms with van der Waals surface area (Å²) in [6, 6.07) is 7.62. The number of aliphatic hydroxyl groups excluding tert-OH is 1. The summed E-state index contributed by atoms with van der Waals surface area (Å²) in [5.41, 5.74) is 7.44. The van der Waals surface area contributed by atoms with Gasteiger partial charge in [0.05, 0.1) is 12.0 Å². The molecule has 0 aromatic heterocycles. The number of rotatable bonds is 5. The summed E-state index contributed by atoms with van der Waals surface area (Å²) in [6.07, 6.45) is 3.94. The van der Waals surface area contributed by atoms with Crippen LogP contribution in [0, 0.1) is 11.3 Å². The highest BCUT2D eigenvalue weighted by atomic mass is 16.3.